The maximum Gasteiger partial charge on any atom is 0.420 e. The average molecular weight is 858 g/mol. The van der Waals surface area contributed by atoms with Gasteiger partial charge < -0.3 is 44.7 Å². The lowest BCUT2D eigenvalue weighted by Crippen LogP contribution is -2.78. The normalized spacial score (nSPS) is 32.6. The first-order valence-electron chi connectivity index (χ1n) is 21.1. The smallest absolute Gasteiger partial charge is 0.420 e. The van der Waals surface area contributed by atoms with Gasteiger partial charge >= 0.3 is 35.7 Å². The minimum atomic E-state index is -2.21. The number of hydrogen-bond acceptors (Lipinski definition) is 12. The molecule has 0 spiro atoms. The fourth-order valence-corrected chi connectivity index (χ4v) is 10.9. The summed E-state index contributed by atoms with van der Waals surface area (Å²) in [6, 6.07) is 15.0. The van der Waals surface area contributed by atoms with E-state index >= 15 is 0 Å². The third kappa shape index (κ3) is 7.94. The maximum atomic E-state index is 14.5. The molecule has 0 aliphatic heterocycles. The third-order valence-electron chi connectivity index (χ3n) is 14.1. The monoisotopic (exact) mass is 857 g/mol. The van der Waals surface area contributed by atoms with Gasteiger partial charge in [0.25, 0.3) is 0 Å². The molecule has 2 aromatic carbocycles. The molecule has 0 heterocycles. The third-order valence-corrected chi connectivity index (χ3v) is 14.1. The predicted molar refractivity (Wildman–Crippen MR) is 223 cm³/mol. The Morgan fingerprint density at radius 2 is 1.53 bits per heavy atom. The van der Waals surface area contributed by atoms with Crippen LogP contribution < -0.4 is 5.32 Å². The van der Waals surface area contributed by atoms with Crippen molar-refractivity contribution in [3.8, 4) is 0 Å². The summed E-state index contributed by atoms with van der Waals surface area (Å²) in [6.45, 7) is 16.2. The summed E-state index contributed by atoms with van der Waals surface area (Å²) in [5.41, 5.74) is 3.52. The quantitative estimate of drug-likeness (QED) is 0.0639. The number of carbonyl (C=O) groups is 5. The van der Waals surface area contributed by atoms with Crippen LogP contribution in [0.25, 0.3) is 5.53 Å². The topological polar surface area (TPSA) is 220 Å². The Morgan fingerprint density at radius 3 is 2.06 bits per heavy atom. The van der Waals surface area contributed by atoms with Gasteiger partial charge in [0.05, 0.1) is 5.56 Å². The van der Waals surface area contributed by atoms with Crippen LogP contribution in [-0.4, -0.2) is 91.9 Å². The fourth-order valence-electron chi connectivity index (χ4n) is 10.9. The lowest BCUT2D eigenvalue weighted by Gasteiger charge is -2.70. The van der Waals surface area contributed by atoms with E-state index in [1.807, 2.05) is 6.92 Å². The van der Waals surface area contributed by atoms with Crippen LogP contribution in [0.5, 0.6) is 0 Å². The summed E-state index contributed by atoms with van der Waals surface area (Å²) in [4.78, 5) is 71.5. The van der Waals surface area contributed by atoms with Crippen molar-refractivity contribution in [1.82, 2.24) is 5.32 Å². The Morgan fingerprint density at radius 1 is 0.919 bits per heavy atom. The van der Waals surface area contributed by atoms with Gasteiger partial charge in [0.2, 0.25) is 0 Å². The number of hydrogen-bond donors (Lipinski definition) is 3. The first kappa shape index (κ1) is 46.1. The number of aliphatic hydroxyl groups excluding tert-OH is 1. The van der Waals surface area contributed by atoms with E-state index in [0.717, 1.165) is 0 Å². The number of alkyl carbamates (subject to hydrolysis) is 1. The van der Waals surface area contributed by atoms with Gasteiger partial charge in [0.15, 0.2) is 12.1 Å². The molecule has 11 atom stereocenters. The molecule has 15 heteroatoms. The average Bonchev–Trinajstić information content (AvgIpc) is 3.18. The van der Waals surface area contributed by atoms with Gasteiger partial charge in [0.1, 0.15) is 35.1 Å². The van der Waals surface area contributed by atoms with E-state index in [4.69, 9.17) is 23.7 Å². The zero-order valence-corrected chi connectivity index (χ0v) is 37.1. The van der Waals surface area contributed by atoms with Crippen LogP contribution >= 0.6 is 0 Å². The van der Waals surface area contributed by atoms with Crippen LogP contribution in [-0.2, 0) is 38.1 Å². The number of rotatable bonds is 9. The fraction of sp³-hybridized carbons (Fsp3) is 0.574. The number of nitrogens with one attached hydrogen (secondary N) is 1. The summed E-state index contributed by atoms with van der Waals surface area (Å²) in [7, 11) is 0. The molecule has 15 nitrogen and oxygen atoms in total. The van der Waals surface area contributed by atoms with Crippen LogP contribution in [0.4, 0.5) is 4.79 Å². The first-order valence-corrected chi connectivity index (χ1v) is 21.1. The largest absolute Gasteiger partial charge is 0.458 e. The van der Waals surface area contributed by atoms with Crippen LogP contribution in [0.1, 0.15) is 117 Å². The van der Waals surface area contributed by atoms with Crippen LogP contribution in [0.3, 0.4) is 0 Å². The number of aliphatic hydroxyl groups is 2. The zero-order valence-electron chi connectivity index (χ0n) is 37.1. The second kappa shape index (κ2) is 16.7. The van der Waals surface area contributed by atoms with E-state index in [9.17, 15) is 39.7 Å². The number of nitrogens with zero attached hydrogens (tertiary/aromatic N) is 2. The SMILES string of the molecule is CC(=O)OC1C2=C(C)[C@@H](OC(=O)C(=[N+]=[N-])C(NC(=O)OC(C)(C)C)c3ccccc3)C[C@@](O)([C@@H](OC(=O)c3ccccc3)[C@@H]3[C@]4(OC(C)=O)CC[C@@H]4C[C@H](C)[C@@]3(C)[C@H]1O)C2(C)C. The molecule has 0 saturated heterocycles. The molecule has 2 aromatic rings. The van der Waals surface area contributed by atoms with Crippen LogP contribution in [0.15, 0.2) is 71.8 Å². The second-order valence-corrected chi connectivity index (χ2v) is 19.2. The molecule has 62 heavy (non-hydrogen) atoms. The molecule has 6 rings (SSSR count). The summed E-state index contributed by atoms with van der Waals surface area (Å²) in [5.74, 6) is -5.04. The van der Waals surface area contributed by atoms with Gasteiger partial charge in [-0.2, -0.15) is 4.79 Å². The summed E-state index contributed by atoms with van der Waals surface area (Å²) in [6.07, 6.45) is -5.79. The lowest BCUT2D eigenvalue weighted by atomic mass is 9.39. The Balaban J connectivity index is 1.56. The Bertz CT molecular complexity index is 2180. The highest BCUT2D eigenvalue weighted by Gasteiger charge is 2.76. The van der Waals surface area contributed by atoms with Crippen molar-refractivity contribution < 1.29 is 62.7 Å². The van der Waals surface area contributed by atoms with Crippen molar-refractivity contribution in [3.05, 3.63) is 88.5 Å². The summed E-state index contributed by atoms with van der Waals surface area (Å²) < 4.78 is 30.7. The number of ether oxygens (including phenoxy) is 5. The van der Waals surface area contributed by atoms with E-state index < -0.39 is 106 Å². The second-order valence-electron chi connectivity index (χ2n) is 19.2. The molecule has 4 aliphatic carbocycles. The summed E-state index contributed by atoms with van der Waals surface area (Å²) >= 11 is 0. The van der Waals surface area contributed by atoms with Crippen molar-refractivity contribution in [1.29, 1.82) is 0 Å². The number of carbonyl (C=O) groups excluding carboxylic acids is 5. The van der Waals surface area contributed by atoms with Gasteiger partial charge in [-0.3, -0.25) is 9.59 Å². The van der Waals surface area contributed by atoms with Gasteiger partial charge in [-0.05, 0) is 87.6 Å². The molecule has 3 fully saturated rings. The number of benzene rings is 2. The predicted octanol–water partition coefficient (Wildman–Crippen LogP) is 6.22. The number of esters is 4. The first-order chi connectivity index (χ1) is 28.9. The molecule has 0 radical (unpaired) electrons. The van der Waals surface area contributed by atoms with Gasteiger partial charge in [-0.1, -0.05) is 76.2 Å². The highest BCUT2D eigenvalue weighted by atomic mass is 16.6. The Labute approximate surface area is 362 Å². The molecule has 4 aliphatic rings. The highest BCUT2D eigenvalue weighted by molar-refractivity contribution is 6.36. The number of fused-ring (bicyclic) bond motifs is 5. The highest BCUT2D eigenvalue weighted by Crippen LogP contribution is 2.69. The molecule has 3 N–H and O–H groups in total. The van der Waals surface area contributed by atoms with E-state index in [2.05, 4.69) is 10.1 Å². The molecular formula is C47H59N3O12. The van der Waals surface area contributed by atoms with Gasteiger partial charge in [-0.15, -0.1) is 0 Å². The van der Waals surface area contributed by atoms with Crippen molar-refractivity contribution in [2.24, 2.45) is 28.6 Å². The Kier molecular flexibility index (Phi) is 12.4. The standard InChI is InChI=1S/C47H59N3O12/c1-25-23-31-21-22-46(31,61-28(4)52)37-39(60-40(54)30-19-15-12-16-20-30)47(57)24-32(26(2)33(44(47,8)9)36(58-27(3)51)38(53)45(25,37)10)59-41(55)35(50-48)34(29-17-13-11-14-18-29)49-42(56)62-43(5,6)7/h11-20,25,31-32,34,36-39,53,57H,21-24H2,1-10H3,(H,49,56)/t25-,31+,32-,34?,36?,37-,38-,39-,45+,46-,47+/m0/s1. The van der Waals surface area contributed by atoms with Crippen LogP contribution in [0, 0.1) is 28.6 Å². The molecule has 3 saturated carbocycles. The van der Waals surface area contributed by atoms with Crippen molar-refractivity contribution in [3.63, 3.8) is 0 Å². The van der Waals surface area contributed by atoms with E-state index in [0.29, 0.717) is 30.4 Å². The molecule has 334 valence electrons. The minimum absolute atomic E-state index is 0.172. The lowest BCUT2D eigenvalue weighted by molar-refractivity contribution is -0.314. The van der Waals surface area contributed by atoms with Crippen molar-refractivity contribution in [2.75, 3.05) is 0 Å². The zero-order chi connectivity index (χ0) is 45.7. The van der Waals surface area contributed by atoms with E-state index in [1.54, 1.807) is 109 Å². The summed E-state index contributed by atoms with van der Waals surface area (Å²) in [5, 5.41) is 29.4. The molecule has 1 amide bonds. The number of amides is 1. The molecule has 2 bridgehead atoms. The van der Waals surface area contributed by atoms with Gasteiger partial charge in [0, 0.05) is 37.0 Å². The maximum absolute atomic E-state index is 14.5. The van der Waals surface area contributed by atoms with Crippen molar-refractivity contribution >= 4 is 35.7 Å². The minimum Gasteiger partial charge on any atom is -0.458 e. The van der Waals surface area contributed by atoms with E-state index in [-0.39, 0.29) is 23.0 Å². The van der Waals surface area contributed by atoms with Crippen molar-refractivity contribution in [2.45, 2.75) is 142 Å². The molecule has 2 unspecified atom stereocenters. The van der Waals surface area contributed by atoms with E-state index in [1.165, 1.54) is 13.8 Å². The van der Waals surface area contributed by atoms with Gasteiger partial charge in [-0.25, -0.2) is 14.4 Å². The Hall–Kier alpha value is -5.37. The molecular weight excluding hydrogens is 799 g/mol. The molecule has 0 aromatic heterocycles. The van der Waals surface area contributed by atoms with Crippen LogP contribution in [0.2, 0.25) is 0 Å².